The second-order valence-electron chi connectivity index (χ2n) is 5.27. The Morgan fingerprint density at radius 3 is 2.33 bits per heavy atom. The van der Waals surface area contributed by atoms with Crippen molar-refractivity contribution in [1.82, 2.24) is 9.44 Å². The van der Waals surface area contributed by atoms with Crippen LogP contribution in [-0.2, 0) is 20.0 Å². The quantitative estimate of drug-likeness (QED) is 0.606. The Kier molecular flexibility index (Phi) is 5.43. The summed E-state index contributed by atoms with van der Waals surface area (Å²) in [5.74, 6) is 0. The van der Waals surface area contributed by atoms with Crippen molar-refractivity contribution in [1.29, 1.82) is 0 Å². The first-order valence-corrected chi connectivity index (χ1v) is 10.0. The number of anilines is 1. The van der Waals surface area contributed by atoms with E-state index in [4.69, 9.17) is 5.73 Å². The summed E-state index contributed by atoms with van der Waals surface area (Å²) >= 11 is 3.15. The number of halogens is 1. The van der Waals surface area contributed by atoms with Gasteiger partial charge in [-0.3, -0.25) is 0 Å². The number of sulfonamides is 2. The highest BCUT2D eigenvalue weighted by atomic mass is 79.9. The van der Waals surface area contributed by atoms with Crippen LogP contribution in [-0.4, -0.2) is 35.2 Å². The molecule has 0 radical (unpaired) electrons. The molecule has 0 bridgehead atoms. The van der Waals surface area contributed by atoms with Gasteiger partial charge in [-0.15, -0.1) is 0 Å². The molecule has 0 amide bonds. The molecule has 4 N–H and O–H groups in total. The predicted molar refractivity (Wildman–Crippen MR) is 85.8 cm³/mol. The molecule has 1 rings (SSSR count). The van der Waals surface area contributed by atoms with E-state index in [0.29, 0.717) is 10.2 Å². The zero-order valence-corrected chi connectivity index (χ0v) is 15.1. The normalized spacial score (nSPS) is 13.3. The van der Waals surface area contributed by atoms with Gasteiger partial charge in [-0.05, 0) is 48.0 Å². The van der Waals surface area contributed by atoms with Crippen molar-refractivity contribution in [3.05, 3.63) is 22.7 Å². The molecule has 0 atom stereocenters. The molecule has 21 heavy (non-hydrogen) atoms. The van der Waals surface area contributed by atoms with Crippen LogP contribution < -0.4 is 15.2 Å². The molecular formula is C11H18BrN3O4S2. The number of benzene rings is 1. The van der Waals surface area contributed by atoms with Gasteiger partial charge < -0.3 is 5.73 Å². The van der Waals surface area contributed by atoms with Crippen LogP contribution >= 0.6 is 15.9 Å². The van der Waals surface area contributed by atoms with E-state index in [1.165, 1.54) is 12.1 Å². The van der Waals surface area contributed by atoms with E-state index >= 15 is 0 Å². The van der Waals surface area contributed by atoms with Crippen molar-refractivity contribution in [2.45, 2.75) is 24.3 Å². The van der Waals surface area contributed by atoms with Gasteiger partial charge in [0.2, 0.25) is 20.0 Å². The van der Waals surface area contributed by atoms with Gasteiger partial charge in [-0.2, -0.15) is 0 Å². The molecule has 120 valence electrons. The zero-order valence-electron chi connectivity index (χ0n) is 11.8. The van der Waals surface area contributed by atoms with E-state index in [2.05, 4.69) is 25.4 Å². The smallest absolute Gasteiger partial charge is 0.241 e. The van der Waals surface area contributed by atoms with E-state index in [1.807, 2.05) is 0 Å². The summed E-state index contributed by atoms with van der Waals surface area (Å²) < 4.78 is 52.0. The lowest BCUT2D eigenvalue weighted by Gasteiger charge is -2.25. The van der Waals surface area contributed by atoms with Crippen LogP contribution in [0.4, 0.5) is 5.69 Å². The summed E-state index contributed by atoms with van der Waals surface area (Å²) in [5.41, 5.74) is 4.93. The second kappa shape index (κ2) is 6.21. The summed E-state index contributed by atoms with van der Waals surface area (Å²) in [5, 5.41) is 0. The highest BCUT2D eigenvalue weighted by Gasteiger charge is 2.26. The van der Waals surface area contributed by atoms with E-state index in [-0.39, 0.29) is 11.4 Å². The fraction of sp³-hybridized carbons (Fsp3) is 0.455. The third kappa shape index (κ3) is 5.91. The molecule has 0 spiro atoms. The molecule has 0 saturated carbocycles. The van der Waals surface area contributed by atoms with Crippen molar-refractivity contribution in [3.63, 3.8) is 0 Å². The van der Waals surface area contributed by atoms with Crippen LogP contribution in [0.3, 0.4) is 0 Å². The van der Waals surface area contributed by atoms with Crippen LogP contribution in [0.15, 0.2) is 27.6 Å². The molecule has 1 aromatic carbocycles. The predicted octanol–water partition coefficient (Wildman–Crippen LogP) is 0.637. The largest absolute Gasteiger partial charge is 0.399 e. The maximum absolute atomic E-state index is 12.2. The Morgan fingerprint density at radius 2 is 1.81 bits per heavy atom. The van der Waals surface area contributed by atoms with Gasteiger partial charge in [0, 0.05) is 22.2 Å². The molecule has 0 unspecified atom stereocenters. The Bertz CT molecular complexity index is 730. The average Bonchev–Trinajstić information content (AvgIpc) is 2.27. The summed E-state index contributed by atoms with van der Waals surface area (Å²) in [4.78, 5) is -0.00217. The zero-order chi connectivity index (χ0) is 16.5. The minimum Gasteiger partial charge on any atom is -0.399 e. The van der Waals surface area contributed by atoms with E-state index in [9.17, 15) is 16.8 Å². The lowest BCUT2D eigenvalue weighted by Crippen LogP contribution is -2.50. The molecular weight excluding hydrogens is 382 g/mol. The van der Waals surface area contributed by atoms with Crippen LogP contribution in [0.2, 0.25) is 0 Å². The van der Waals surface area contributed by atoms with E-state index < -0.39 is 25.6 Å². The Morgan fingerprint density at radius 1 is 1.24 bits per heavy atom. The van der Waals surface area contributed by atoms with Gasteiger partial charge in [-0.1, -0.05) is 0 Å². The molecule has 0 aliphatic rings. The van der Waals surface area contributed by atoms with Gasteiger partial charge in [0.25, 0.3) is 0 Å². The molecule has 0 aromatic heterocycles. The molecule has 0 aliphatic heterocycles. The molecule has 0 saturated heterocycles. The standard InChI is InChI=1S/C11H18BrN3O4S2/c1-11(2,15-20(3,16)17)7-14-21(18,19)10-6-8(13)4-5-9(10)12/h4-6,14-15H,7,13H2,1-3H3. The van der Waals surface area contributed by atoms with Crippen LogP contribution in [0.1, 0.15) is 13.8 Å². The first kappa shape index (κ1) is 18.4. The third-order valence-corrected chi connectivity index (χ3v) is 5.73. The first-order valence-electron chi connectivity index (χ1n) is 5.86. The molecule has 10 heteroatoms. The minimum absolute atomic E-state index is 0.00217. The highest BCUT2D eigenvalue weighted by molar-refractivity contribution is 9.10. The fourth-order valence-electron chi connectivity index (χ4n) is 1.62. The van der Waals surface area contributed by atoms with Gasteiger partial charge in [0.15, 0.2) is 0 Å². The van der Waals surface area contributed by atoms with E-state index in [0.717, 1.165) is 6.26 Å². The van der Waals surface area contributed by atoms with Crippen molar-refractivity contribution >= 4 is 41.7 Å². The van der Waals surface area contributed by atoms with Gasteiger partial charge in [0.1, 0.15) is 0 Å². The van der Waals surface area contributed by atoms with Gasteiger partial charge in [0.05, 0.1) is 11.2 Å². The Balaban J connectivity index is 2.94. The Labute approximate surface area is 133 Å². The lowest BCUT2D eigenvalue weighted by molar-refractivity contribution is 0.446. The number of nitrogens with one attached hydrogen (secondary N) is 2. The third-order valence-electron chi connectivity index (χ3n) is 2.41. The van der Waals surface area contributed by atoms with Crippen molar-refractivity contribution in [2.24, 2.45) is 0 Å². The van der Waals surface area contributed by atoms with Crippen LogP contribution in [0.5, 0.6) is 0 Å². The second-order valence-corrected chi connectivity index (χ2v) is 9.61. The lowest BCUT2D eigenvalue weighted by atomic mass is 10.1. The summed E-state index contributed by atoms with van der Waals surface area (Å²) in [6, 6.07) is 4.42. The maximum Gasteiger partial charge on any atom is 0.241 e. The highest BCUT2D eigenvalue weighted by Crippen LogP contribution is 2.24. The fourth-order valence-corrected chi connectivity index (χ4v) is 4.90. The minimum atomic E-state index is -3.81. The van der Waals surface area contributed by atoms with Crippen LogP contribution in [0.25, 0.3) is 0 Å². The van der Waals surface area contributed by atoms with Gasteiger partial charge in [-0.25, -0.2) is 26.3 Å². The molecule has 0 aliphatic carbocycles. The van der Waals surface area contributed by atoms with Crippen LogP contribution in [0, 0.1) is 0 Å². The topological polar surface area (TPSA) is 118 Å². The summed E-state index contributed by atoms with van der Waals surface area (Å²) in [6.45, 7) is 3.04. The van der Waals surface area contributed by atoms with Crippen molar-refractivity contribution in [3.8, 4) is 0 Å². The Hall–Kier alpha value is -0.680. The number of nitrogens with two attached hydrogens (primary N) is 1. The van der Waals surface area contributed by atoms with E-state index in [1.54, 1.807) is 19.9 Å². The average molecular weight is 400 g/mol. The summed E-state index contributed by atoms with van der Waals surface area (Å²) in [7, 11) is -7.26. The summed E-state index contributed by atoms with van der Waals surface area (Å²) in [6.07, 6.45) is 1.01. The van der Waals surface area contributed by atoms with Crippen molar-refractivity contribution < 1.29 is 16.8 Å². The molecule has 7 nitrogen and oxygen atoms in total. The SMILES string of the molecule is CC(C)(CNS(=O)(=O)c1cc(N)ccc1Br)NS(C)(=O)=O. The number of nitrogen functional groups attached to an aromatic ring is 1. The maximum atomic E-state index is 12.2. The first-order chi connectivity index (χ1) is 9.32. The monoisotopic (exact) mass is 399 g/mol. The molecule has 1 aromatic rings. The number of rotatable bonds is 6. The number of hydrogen-bond donors (Lipinski definition) is 3. The van der Waals surface area contributed by atoms with Crippen molar-refractivity contribution in [2.75, 3.05) is 18.5 Å². The molecule has 0 heterocycles. The van der Waals surface area contributed by atoms with Gasteiger partial charge >= 0.3 is 0 Å². The molecule has 0 fully saturated rings. The number of hydrogen-bond acceptors (Lipinski definition) is 5.